The van der Waals surface area contributed by atoms with Gasteiger partial charge in [0.15, 0.2) is 0 Å². The van der Waals surface area contributed by atoms with Gasteiger partial charge < -0.3 is 0 Å². The molecule has 0 radical (unpaired) electrons. The zero-order valence-corrected chi connectivity index (χ0v) is 17.2. The molecule has 1 aliphatic rings. The third kappa shape index (κ3) is 3.78. The molecule has 1 aliphatic carbocycles. The van der Waals surface area contributed by atoms with Gasteiger partial charge >= 0.3 is 0 Å². The minimum atomic E-state index is -0.326. The highest BCUT2D eigenvalue weighted by Gasteiger charge is 2.18. The van der Waals surface area contributed by atoms with Gasteiger partial charge in [0.25, 0.3) is 5.91 Å². The molecule has 31 heavy (non-hydrogen) atoms. The number of H-pyrrole nitrogens is 1. The molecule has 0 aliphatic heterocycles. The number of aromatic nitrogens is 2. The Hall–Kier alpha value is -3.99. The van der Waals surface area contributed by atoms with E-state index in [1.165, 1.54) is 21.9 Å². The summed E-state index contributed by atoms with van der Waals surface area (Å²) in [5, 5.41) is 13.8. The molecule has 1 heterocycles. The number of hydrogen-bond acceptors (Lipinski definition) is 3. The quantitative estimate of drug-likeness (QED) is 0.356. The number of amides is 1. The highest BCUT2D eigenvalue weighted by Crippen LogP contribution is 2.36. The van der Waals surface area contributed by atoms with Crippen LogP contribution < -0.4 is 5.43 Å². The Morgan fingerprint density at radius 2 is 1.84 bits per heavy atom. The standard InChI is InChI=1S/C26H22N4O/c1-17(14-18-6-3-2-4-7-18)16-27-30-26(31)24-15-23(28-29-24)21-13-12-20-11-10-19-8-5-9-22(21)25(19)20/h2-9,12-16H,10-11H2,1H3,(H,28,29)(H,30,31)/b17-14+,27-16+. The van der Waals surface area contributed by atoms with Crippen LogP contribution >= 0.6 is 0 Å². The van der Waals surface area contributed by atoms with Gasteiger partial charge in [-0.1, -0.05) is 66.7 Å². The maximum absolute atomic E-state index is 12.5. The number of carbonyl (C=O) groups is 1. The van der Waals surface area contributed by atoms with Gasteiger partial charge in [0.1, 0.15) is 5.69 Å². The van der Waals surface area contributed by atoms with Crippen LogP contribution in [0.2, 0.25) is 0 Å². The van der Waals surface area contributed by atoms with Gasteiger partial charge in [0.2, 0.25) is 0 Å². The van der Waals surface area contributed by atoms with Crippen molar-refractivity contribution in [2.75, 3.05) is 0 Å². The molecule has 5 nitrogen and oxygen atoms in total. The number of aryl methyl sites for hydroxylation is 2. The summed E-state index contributed by atoms with van der Waals surface area (Å²) in [6.45, 7) is 1.94. The van der Waals surface area contributed by atoms with Crippen molar-refractivity contribution in [3.8, 4) is 11.3 Å². The van der Waals surface area contributed by atoms with Gasteiger partial charge in [-0.25, -0.2) is 5.43 Å². The summed E-state index contributed by atoms with van der Waals surface area (Å²) in [4.78, 5) is 12.5. The van der Waals surface area contributed by atoms with Crippen LogP contribution in [0.4, 0.5) is 0 Å². The van der Waals surface area contributed by atoms with Crippen molar-refractivity contribution in [2.45, 2.75) is 19.8 Å². The van der Waals surface area contributed by atoms with Gasteiger partial charge in [-0.15, -0.1) is 0 Å². The van der Waals surface area contributed by atoms with E-state index in [1.54, 1.807) is 12.3 Å². The Balaban J connectivity index is 1.33. The van der Waals surface area contributed by atoms with Crippen molar-refractivity contribution in [1.29, 1.82) is 0 Å². The number of hydrazone groups is 1. The van der Waals surface area contributed by atoms with Gasteiger partial charge in [0, 0.05) is 5.56 Å². The maximum Gasteiger partial charge on any atom is 0.289 e. The average Bonchev–Trinajstić information content (AvgIpc) is 3.44. The molecule has 1 amide bonds. The lowest BCUT2D eigenvalue weighted by atomic mass is 9.98. The molecule has 0 saturated carbocycles. The van der Waals surface area contributed by atoms with Gasteiger partial charge in [-0.05, 0) is 58.9 Å². The number of aromatic amines is 1. The minimum Gasteiger partial charge on any atom is -0.272 e. The third-order valence-electron chi connectivity index (χ3n) is 5.60. The van der Waals surface area contributed by atoms with Crippen LogP contribution in [0.1, 0.15) is 34.1 Å². The van der Waals surface area contributed by atoms with Gasteiger partial charge in [-0.3, -0.25) is 9.89 Å². The van der Waals surface area contributed by atoms with Crippen molar-refractivity contribution in [3.63, 3.8) is 0 Å². The van der Waals surface area contributed by atoms with Crippen LogP contribution in [0.25, 0.3) is 28.1 Å². The molecule has 0 atom stereocenters. The van der Waals surface area contributed by atoms with E-state index in [4.69, 9.17) is 0 Å². The second-order valence-electron chi connectivity index (χ2n) is 7.78. The van der Waals surface area contributed by atoms with Crippen LogP contribution in [-0.2, 0) is 12.8 Å². The summed E-state index contributed by atoms with van der Waals surface area (Å²) < 4.78 is 0. The number of rotatable bonds is 5. The molecule has 0 unspecified atom stereocenters. The molecule has 3 aromatic carbocycles. The van der Waals surface area contributed by atoms with Crippen molar-refractivity contribution in [3.05, 3.63) is 94.7 Å². The molecule has 0 spiro atoms. The smallest absolute Gasteiger partial charge is 0.272 e. The molecule has 0 saturated heterocycles. The maximum atomic E-state index is 12.5. The Morgan fingerprint density at radius 1 is 1.03 bits per heavy atom. The Bertz CT molecular complexity index is 1320. The zero-order valence-electron chi connectivity index (χ0n) is 17.2. The summed E-state index contributed by atoms with van der Waals surface area (Å²) in [5.74, 6) is -0.326. The fraction of sp³-hybridized carbons (Fsp3) is 0.115. The van der Waals surface area contributed by atoms with Gasteiger partial charge in [0.05, 0.1) is 11.9 Å². The lowest BCUT2D eigenvalue weighted by molar-refractivity contribution is 0.0950. The molecule has 4 aromatic rings. The topological polar surface area (TPSA) is 70.1 Å². The molecule has 5 heteroatoms. The normalized spacial score (nSPS) is 13.3. The fourth-order valence-electron chi connectivity index (χ4n) is 4.15. The number of carbonyl (C=O) groups excluding carboxylic acids is 1. The Morgan fingerprint density at radius 3 is 2.68 bits per heavy atom. The van der Waals surface area contributed by atoms with E-state index < -0.39 is 0 Å². The summed E-state index contributed by atoms with van der Waals surface area (Å²) in [6, 6.07) is 22.4. The molecule has 0 bridgehead atoms. The zero-order chi connectivity index (χ0) is 21.2. The second kappa shape index (κ2) is 8.03. The number of allylic oxidation sites excluding steroid dienone is 1. The molecule has 2 N–H and O–H groups in total. The predicted octanol–water partition coefficient (Wildman–Crippen LogP) is 5.15. The van der Waals surface area contributed by atoms with Crippen LogP contribution in [0, 0.1) is 0 Å². The summed E-state index contributed by atoms with van der Waals surface area (Å²) in [6.07, 6.45) is 5.80. The highest BCUT2D eigenvalue weighted by molar-refractivity contribution is 6.02. The van der Waals surface area contributed by atoms with E-state index in [0.717, 1.165) is 35.2 Å². The SMILES string of the molecule is CC(/C=N/NC(=O)c1cc(-c2ccc3c4c(cccc24)CC3)n[nH]1)=C\c1ccccc1. The van der Waals surface area contributed by atoms with E-state index in [0.29, 0.717) is 5.69 Å². The average molecular weight is 406 g/mol. The van der Waals surface area contributed by atoms with E-state index in [9.17, 15) is 4.79 Å². The first-order chi connectivity index (χ1) is 15.2. The Kier molecular flexibility index (Phi) is 4.92. The van der Waals surface area contributed by atoms with Crippen LogP contribution in [0.15, 0.2) is 77.4 Å². The first kappa shape index (κ1) is 19.0. The first-order valence-corrected chi connectivity index (χ1v) is 10.3. The van der Waals surface area contributed by atoms with Crippen LogP contribution in [0.5, 0.6) is 0 Å². The second-order valence-corrected chi connectivity index (χ2v) is 7.78. The van der Waals surface area contributed by atoms with Gasteiger partial charge in [-0.2, -0.15) is 10.2 Å². The van der Waals surface area contributed by atoms with E-state index in [2.05, 4.69) is 51.1 Å². The predicted molar refractivity (Wildman–Crippen MR) is 125 cm³/mol. The largest absolute Gasteiger partial charge is 0.289 e. The summed E-state index contributed by atoms with van der Waals surface area (Å²) >= 11 is 0. The van der Waals surface area contributed by atoms with Crippen LogP contribution in [-0.4, -0.2) is 22.3 Å². The van der Waals surface area contributed by atoms with Crippen molar-refractivity contribution >= 4 is 29.0 Å². The number of nitrogens with zero attached hydrogens (tertiary/aromatic N) is 2. The summed E-state index contributed by atoms with van der Waals surface area (Å²) in [7, 11) is 0. The van der Waals surface area contributed by atoms with Crippen molar-refractivity contribution < 1.29 is 4.79 Å². The molecular formula is C26H22N4O. The highest BCUT2D eigenvalue weighted by atomic mass is 16.2. The Labute approximate surface area is 180 Å². The monoisotopic (exact) mass is 406 g/mol. The van der Waals surface area contributed by atoms with Crippen LogP contribution in [0.3, 0.4) is 0 Å². The molecule has 1 aromatic heterocycles. The fourth-order valence-corrected chi connectivity index (χ4v) is 4.15. The minimum absolute atomic E-state index is 0.326. The molecule has 5 rings (SSSR count). The van der Waals surface area contributed by atoms with E-state index >= 15 is 0 Å². The van der Waals surface area contributed by atoms with Crippen molar-refractivity contribution in [1.82, 2.24) is 15.6 Å². The molecule has 0 fully saturated rings. The van der Waals surface area contributed by atoms with Crippen molar-refractivity contribution in [2.24, 2.45) is 5.10 Å². The molecule has 152 valence electrons. The first-order valence-electron chi connectivity index (χ1n) is 10.3. The summed E-state index contributed by atoms with van der Waals surface area (Å²) in [5.41, 5.74) is 9.51. The molecular weight excluding hydrogens is 384 g/mol. The number of nitrogens with one attached hydrogen (secondary N) is 2. The lowest BCUT2D eigenvalue weighted by Gasteiger charge is -2.06. The van der Waals surface area contributed by atoms with E-state index in [1.807, 2.05) is 43.3 Å². The number of hydrogen-bond donors (Lipinski definition) is 2. The lowest BCUT2D eigenvalue weighted by Crippen LogP contribution is -2.17. The van der Waals surface area contributed by atoms with E-state index in [-0.39, 0.29) is 5.91 Å². The number of benzene rings is 3. The third-order valence-corrected chi connectivity index (χ3v) is 5.60.